The van der Waals surface area contributed by atoms with Crippen LogP contribution in [-0.4, -0.2) is 82.4 Å². The van der Waals surface area contributed by atoms with Gasteiger partial charge in [-0.1, -0.05) is 77.8 Å². The molecule has 2 heterocycles. The van der Waals surface area contributed by atoms with E-state index in [-0.39, 0.29) is 60.1 Å². The number of likely N-dealkylation sites (tertiary alicyclic amines) is 1. The molecule has 1 saturated heterocycles. The van der Waals surface area contributed by atoms with E-state index in [1.807, 2.05) is 30.6 Å². The van der Waals surface area contributed by atoms with Gasteiger partial charge in [-0.05, 0) is 75.9 Å². The molecule has 0 spiro atoms. The standard InChI is InChI=1S/C38H60N4O4S/c1-7-21-42(38(46)31(28(5)8-2)25-35(44)34-18-12-13-22-41(34)6)33(27(3)4)19-20-36-40-32(26-47-36)37(45)39-30(17-14-23-43)24-29-15-10-9-11-16-29/h9-11,15-16,26-28,30-31,33-34,43H,7-8,12-14,17-25H2,1-6H3,(H,39,45)/t28-,30+,31?,33+,34+/m0/s1. The maximum Gasteiger partial charge on any atom is 0.270 e. The number of benzene rings is 1. The summed E-state index contributed by atoms with van der Waals surface area (Å²) >= 11 is 1.49. The lowest BCUT2D eigenvalue weighted by Gasteiger charge is -2.39. The molecule has 0 aliphatic carbocycles. The molecule has 1 aromatic heterocycles. The van der Waals surface area contributed by atoms with Gasteiger partial charge < -0.3 is 15.3 Å². The lowest BCUT2D eigenvalue weighted by molar-refractivity contribution is -0.144. The van der Waals surface area contributed by atoms with Crippen LogP contribution in [-0.2, 0) is 22.4 Å². The molecule has 0 saturated carbocycles. The van der Waals surface area contributed by atoms with Gasteiger partial charge in [0.2, 0.25) is 5.91 Å². The average molecular weight is 669 g/mol. The lowest BCUT2D eigenvalue weighted by atomic mass is 9.82. The van der Waals surface area contributed by atoms with Crippen molar-refractivity contribution >= 4 is 28.9 Å². The summed E-state index contributed by atoms with van der Waals surface area (Å²) in [4.78, 5) is 50.1. The highest BCUT2D eigenvalue weighted by atomic mass is 32.1. The number of hydrogen-bond donors (Lipinski definition) is 2. The van der Waals surface area contributed by atoms with Gasteiger partial charge in [-0.2, -0.15) is 0 Å². The van der Waals surface area contributed by atoms with Crippen LogP contribution < -0.4 is 5.32 Å². The lowest BCUT2D eigenvalue weighted by Crippen LogP contribution is -2.49. The fourth-order valence-electron chi connectivity index (χ4n) is 6.92. The van der Waals surface area contributed by atoms with Crippen molar-refractivity contribution in [2.75, 3.05) is 26.7 Å². The number of thiazole rings is 1. The topological polar surface area (TPSA) is 103 Å². The molecule has 1 aromatic carbocycles. The van der Waals surface area contributed by atoms with Crippen LogP contribution in [0.4, 0.5) is 0 Å². The van der Waals surface area contributed by atoms with Crippen molar-refractivity contribution in [3.63, 3.8) is 0 Å². The normalized spacial score (nSPS) is 18.0. The Bertz CT molecular complexity index is 1240. The third-order valence-corrected chi connectivity index (χ3v) is 10.8. The quantitative estimate of drug-likeness (QED) is 0.166. The van der Waals surface area contributed by atoms with Crippen molar-refractivity contribution in [1.29, 1.82) is 0 Å². The van der Waals surface area contributed by atoms with Crippen molar-refractivity contribution in [2.24, 2.45) is 17.8 Å². The van der Waals surface area contributed by atoms with Crippen LogP contribution in [0.15, 0.2) is 35.7 Å². The number of Topliss-reactive ketones (excluding diaryl/α,β-unsaturated/α-hetero) is 1. The number of amides is 2. The molecule has 1 aliphatic rings. The fourth-order valence-corrected chi connectivity index (χ4v) is 7.71. The second-order valence-corrected chi connectivity index (χ2v) is 14.8. The summed E-state index contributed by atoms with van der Waals surface area (Å²) in [7, 11) is 2.04. The summed E-state index contributed by atoms with van der Waals surface area (Å²) in [6, 6.07) is 9.90. The van der Waals surface area contributed by atoms with E-state index in [0.29, 0.717) is 44.3 Å². The molecule has 3 rings (SSSR count). The third-order valence-electron chi connectivity index (χ3n) is 9.94. The first-order valence-electron chi connectivity index (χ1n) is 18.0. The molecule has 262 valence electrons. The Morgan fingerprint density at radius 1 is 1.11 bits per heavy atom. The van der Waals surface area contributed by atoms with Gasteiger partial charge in [0.1, 0.15) is 5.69 Å². The van der Waals surface area contributed by atoms with Gasteiger partial charge in [-0.3, -0.25) is 19.3 Å². The number of hydrogen-bond acceptors (Lipinski definition) is 7. The largest absolute Gasteiger partial charge is 0.396 e. The van der Waals surface area contributed by atoms with Crippen molar-refractivity contribution in [3.05, 3.63) is 52.0 Å². The Hall–Kier alpha value is -2.62. The molecular weight excluding hydrogens is 609 g/mol. The molecular formula is C38H60N4O4S. The summed E-state index contributed by atoms with van der Waals surface area (Å²) in [6.07, 6.45) is 8.51. The maximum atomic E-state index is 14.4. The first kappa shape index (κ1) is 38.8. The second-order valence-electron chi connectivity index (χ2n) is 13.9. The molecule has 47 heavy (non-hydrogen) atoms. The number of aliphatic hydroxyl groups excluding tert-OH is 1. The van der Waals surface area contributed by atoms with E-state index in [9.17, 15) is 19.5 Å². The van der Waals surface area contributed by atoms with Crippen LogP contribution in [0.25, 0.3) is 0 Å². The Morgan fingerprint density at radius 3 is 2.49 bits per heavy atom. The number of aromatic nitrogens is 1. The van der Waals surface area contributed by atoms with Gasteiger partial charge in [0.15, 0.2) is 5.78 Å². The molecule has 0 radical (unpaired) electrons. The van der Waals surface area contributed by atoms with Gasteiger partial charge in [0.25, 0.3) is 5.91 Å². The Kier molecular flexibility index (Phi) is 16.5. The van der Waals surface area contributed by atoms with Crippen LogP contribution in [0.3, 0.4) is 0 Å². The molecule has 1 unspecified atom stereocenters. The zero-order valence-corrected chi connectivity index (χ0v) is 30.6. The molecule has 2 N–H and O–H groups in total. The van der Waals surface area contributed by atoms with Crippen molar-refractivity contribution < 1.29 is 19.5 Å². The van der Waals surface area contributed by atoms with E-state index in [0.717, 1.165) is 55.6 Å². The van der Waals surface area contributed by atoms with Gasteiger partial charge in [-0.25, -0.2) is 4.98 Å². The summed E-state index contributed by atoms with van der Waals surface area (Å²) in [6.45, 7) is 12.4. The molecule has 9 heteroatoms. The van der Waals surface area contributed by atoms with E-state index in [1.165, 1.54) is 11.3 Å². The van der Waals surface area contributed by atoms with Gasteiger partial charge in [-0.15, -0.1) is 11.3 Å². The molecule has 1 fully saturated rings. The second kappa shape index (κ2) is 20.0. The molecule has 0 bridgehead atoms. The monoisotopic (exact) mass is 668 g/mol. The fraction of sp³-hybridized carbons (Fsp3) is 0.684. The number of likely N-dealkylation sites (N-methyl/N-ethyl adjacent to an activating group) is 1. The predicted molar refractivity (Wildman–Crippen MR) is 192 cm³/mol. The molecule has 5 atom stereocenters. The third kappa shape index (κ3) is 11.8. The number of carbonyl (C=O) groups is 3. The molecule has 2 aromatic rings. The number of ketones is 1. The van der Waals surface area contributed by atoms with Crippen LogP contribution >= 0.6 is 11.3 Å². The maximum absolute atomic E-state index is 14.4. The molecule has 1 aliphatic heterocycles. The Morgan fingerprint density at radius 2 is 1.85 bits per heavy atom. The minimum Gasteiger partial charge on any atom is -0.396 e. The summed E-state index contributed by atoms with van der Waals surface area (Å²) in [5, 5.41) is 15.2. The number of aliphatic hydroxyl groups is 1. The van der Waals surface area contributed by atoms with Crippen LogP contribution in [0.1, 0.15) is 113 Å². The van der Waals surface area contributed by atoms with E-state index >= 15 is 0 Å². The zero-order chi connectivity index (χ0) is 34.3. The highest BCUT2D eigenvalue weighted by Crippen LogP contribution is 2.29. The molecule has 2 amide bonds. The van der Waals surface area contributed by atoms with Crippen molar-refractivity contribution in [1.82, 2.24) is 20.1 Å². The Labute approximate surface area is 287 Å². The first-order valence-corrected chi connectivity index (χ1v) is 18.9. The zero-order valence-electron chi connectivity index (χ0n) is 29.7. The Balaban J connectivity index is 1.70. The van der Waals surface area contributed by atoms with Gasteiger partial charge >= 0.3 is 0 Å². The smallest absolute Gasteiger partial charge is 0.270 e. The van der Waals surface area contributed by atoms with E-state index < -0.39 is 0 Å². The summed E-state index contributed by atoms with van der Waals surface area (Å²) < 4.78 is 0. The van der Waals surface area contributed by atoms with E-state index in [1.54, 1.807) is 0 Å². The van der Waals surface area contributed by atoms with Gasteiger partial charge in [0, 0.05) is 49.4 Å². The van der Waals surface area contributed by atoms with Crippen molar-refractivity contribution in [3.8, 4) is 0 Å². The van der Waals surface area contributed by atoms with E-state index in [4.69, 9.17) is 4.98 Å². The van der Waals surface area contributed by atoms with E-state index in [2.05, 4.69) is 61.9 Å². The highest BCUT2D eigenvalue weighted by molar-refractivity contribution is 7.09. The van der Waals surface area contributed by atoms with Crippen LogP contribution in [0, 0.1) is 17.8 Å². The number of aryl methyl sites for hydroxylation is 1. The number of nitrogens with one attached hydrogen (secondary N) is 1. The number of carbonyl (C=O) groups excluding carboxylic acids is 3. The van der Waals surface area contributed by atoms with Crippen LogP contribution in [0.2, 0.25) is 0 Å². The summed E-state index contributed by atoms with van der Waals surface area (Å²) in [5.74, 6) is 0.157. The number of rotatable bonds is 20. The van der Waals surface area contributed by atoms with Crippen molar-refractivity contribution in [2.45, 2.75) is 123 Å². The average Bonchev–Trinajstić information content (AvgIpc) is 3.54. The minimum atomic E-state index is -0.319. The van der Waals surface area contributed by atoms with Crippen LogP contribution in [0.5, 0.6) is 0 Å². The number of piperidine rings is 1. The minimum absolute atomic E-state index is 0.0105. The number of nitrogens with zero attached hydrogens (tertiary/aromatic N) is 3. The first-order chi connectivity index (χ1) is 22.6. The highest BCUT2D eigenvalue weighted by Gasteiger charge is 2.37. The van der Waals surface area contributed by atoms with Gasteiger partial charge in [0.05, 0.1) is 11.0 Å². The summed E-state index contributed by atoms with van der Waals surface area (Å²) in [5.41, 5.74) is 1.56. The molecule has 8 nitrogen and oxygen atoms in total. The predicted octanol–water partition coefficient (Wildman–Crippen LogP) is 6.56. The SMILES string of the molecule is CCCN(C(=O)C(CC(=O)[C@H]1CCCCN1C)[C@@H](C)CC)[C@H](CCc1nc(C(=O)N[C@H](CCCO)Cc2ccccc2)cs1)C(C)C.